The zero-order valence-corrected chi connectivity index (χ0v) is 13.6. The van der Waals surface area contributed by atoms with Gasteiger partial charge in [-0.25, -0.2) is 0 Å². The molecule has 2 N–H and O–H groups in total. The lowest BCUT2D eigenvalue weighted by atomic mass is 9.95. The summed E-state index contributed by atoms with van der Waals surface area (Å²) in [7, 11) is 1.65. The van der Waals surface area contributed by atoms with Crippen molar-refractivity contribution in [1.29, 1.82) is 0 Å². The van der Waals surface area contributed by atoms with E-state index in [1.807, 2.05) is 18.2 Å². The van der Waals surface area contributed by atoms with Gasteiger partial charge in [0.1, 0.15) is 18.1 Å². The average molecular weight is 327 g/mol. The first-order valence-corrected chi connectivity index (χ1v) is 7.57. The van der Waals surface area contributed by atoms with Gasteiger partial charge in [-0.15, -0.1) is 12.4 Å². The van der Waals surface area contributed by atoms with Crippen LogP contribution in [0.25, 0.3) is 0 Å². The van der Waals surface area contributed by atoms with Crippen LogP contribution in [0, 0.1) is 5.92 Å². The summed E-state index contributed by atoms with van der Waals surface area (Å²) in [6, 6.07) is 6.05. The van der Waals surface area contributed by atoms with E-state index in [1.165, 1.54) is 0 Å². The van der Waals surface area contributed by atoms with E-state index < -0.39 is 0 Å². The Kier molecular flexibility index (Phi) is 5.91. The second-order valence-electron chi connectivity index (χ2n) is 5.72. The molecule has 0 saturated carbocycles. The smallest absolute Gasteiger partial charge is 0.227 e. The third kappa shape index (κ3) is 3.84. The van der Waals surface area contributed by atoms with Crippen molar-refractivity contribution in [1.82, 2.24) is 10.6 Å². The molecule has 3 rings (SSSR count). The molecule has 5 nitrogen and oxygen atoms in total. The lowest BCUT2D eigenvalue weighted by molar-refractivity contribution is -0.127. The fourth-order valence-electron chi connectivity index (χ4n) is 2.95. The minimum atomic E-state index is -0.112. The molecule has 0 bridgehead atoms. The molecule has 0 aromatic heterocycles. The summed E-state index contributed by atoms with van der Waals surface area (Å²) in [5.74, 6) is 1.66. The minimum absolute atomic E-state index is 0. The SMILES string of the molecule is COc1ccc2c(c1)CC(C(=O)NC1CCNCC1)CO2.Cl. The first-order chi connectivity index (χ1) is 10.3. The molecule has 1 fully saturated rings. The van der Waals surface area contributed by atoms with Crippen LogP contribution in [0.2, 0.25) is 0 Å². The number of benzene rings is 1. The van der Waals surface area contributed by atoms with Gasteiger partial charge in [0.15, 0.2) is 0 Å². The van der Waals surface area contributed by atoms with Gasteiger partial charge in [0.2, 0.25) is 5.91 Å². The Morgan fingerprint density at radius 1 is 1.36 bits per heavy atom. The topological polar surface area (TPSA) is 59.6 Å². The largest absolute Gasteiger partial charge is 0.497 e. The van der Waals surface area contributed by atoms with E-state index in [0.29, 0.717) is 19.1 Å². The molecule has 1 aromatic rings. The second kappa shape index (κ2) is 7.70. The molecule has 1 amide bonds. The Hall–Kier alpha value is -1.46. The van der Waals surface area contributed by atoms with Crippen molar-refractivity contribution in [3.8, 4) is 11.5 Å². The van der Waals surface area contributed by atoms with E-state index in [2.05, 4.69) is 10.6 Å². The predicted octanol–water partition coefficient (Wildman–Crippen LogP) is 1.54. The van der Waals surface area contributed by atoms with Crippen molar-refractivity contribution >= 4 is 18.3 Å². The van der Waals surface area contributed by atoms with Crippen LogP contribution in [0.3, 0.4) is 0 Å². The summed E-state index contributed by atoms with van der Waals surface area (Å²) in [4.78, 5) is 12.4. The van der Waals surface area contributed by atoms with Crippen molar-refractivity contribution < 1.29 is 14.3 Å². The number of nitrogens with one attached hydrogen (secondary N) is 2. The molecule has 1 unspecified atom stereocenters. The third-order valence-electron chi connectivity index (χ3n) is 4.23. The first kappa shape index (κ1) is 16.9. The Morgan fingerprint density at radius 3 is 2.86 bits per heavy atom. The fraction of sp³-hybridized carbons (Fsp3) is 0.562. The Balaban J connectivity index is 0.00000176. The van der Waals surface area contributed by atoms with Gasteiger partial charge in [0, 0.05) is 6.04 Å². The van der Waals surface area contributed by atoms with Gasteiger partial charge < -0.3 is 20.1 Å². The van der Waals surface area contributed by atoms with E-state index in [9.17, 15) is 4.79 Å². The Labute approximate surface area is 137 Å². The molecule has 1 aromatic carbocycles. The number of fused-ring (bicyclic) bond motifs is 1. The monoisotopic (exact) mass is 326 g/mol. The van der Waals surface area contributed by atoms with Gasteiger partial charge in [-0.3, -0.25) is 4.79 Å². The van der Waals surface area contributed by atoms with Gasteiger partial charge in [-0.05, 0) is 56.1 Å². The normalized spacial score (nSPS) is 21.0. The molecule has 1 saturated heterocycles. The van der Waals surface area contributed by atoms with Crippen molar-refractivity contribution in [2.75, 3.05) is 26.8 Å². The maximum absolute atomic E-state index is 12.4. The number of halogens is 1. The molecule has 0 aliphatic carbocycles. The number of piperidine rings is 1. The Morgan fingerprint density at radius 2 is 2.14 bits per heavy atom. The van der Waals surface area contributed by atoms with Gasteiger partial charge >= 0.3 is 0 Å². The molecular weight excluding hydrogens is 304 g/mol. The van der Waals surface area contributed by atoms with Crippen LogP contribution in [0.5, 0.6) is 11.5 Å². The van der Waals surface area contributed by atoms with Gasteiger partial charge in [0.05, 0.1) is 13.0 Å². The van der Waals surface area contributed by atoms with Gasteiger partial charge in [-0.1, -0.05) is 0 Å². The van der Waals surface area contributed by atoms with Crippen LogP contribution in [0.1, 0.15) is 18.4 Å². The standard InChI is InChI=1S/C16H22N2O3.ClH/c1-20-14-2-3-15-11(9-14)8-12(10-21-15)16(19)18-13-4-6-17-7-5-13;/h2-3,9,12-13,17H,4-8,10H2,1H3,(H,18,19);1H. The highest BCUT2D eigenvalue weighted by Crippen LogP contribution is 2.30. The molecular formula is C16H23ClN2O3. The molecule has 1 atom stereocenters. The number of hydrogen-bond acceptors (Lipinski definition) is 4. The van der Waals surface area contributed by atoms with Gasteiger partial charge in [0.25, 0.3) is 0 Å². The minimum Gasteiger partial charge on any atom is -0.497 e. The summed E-state index contributed by atoms with van der Waals surface area (Å²) in [5.41, 5.74) is 1.05. The summed E-state index contributed by atoms with van der Waals surface area (Å²) in [6.07, 6.45) is 2.72. The molecule has 2 heterocycles. The van der Waals surface area contributed by atoms with Crippen molar-refractivity contribution in [3.05, 3.63) is 23.8 Å². The summed E-state index contributed by atoms with van der Waals surface area (Å²) < 4.78 is 11.0. The number of carbonyl (C=O) groups excluding carboxylic acids is 1. The summed E-state index contributed by atoms with van der Waals surface area (Å²) in [5, 5.41) is 6.46. The number of hydrogen-bond donors (Lipinski definition) is 2. The van der Waals surface area contributed by atoms with Gasteiger partial charge in [-0.2, -0.15) is 0 Å². The number of carbonyl (C=O) groups is 1. The molecule has 0 radical (unpaired) electrons. The van der Waals surface area contributed by atoms with Crippen LogP contribution < -0.4 is 20.1 Å². The van der Waals surface area contributed by atoms with E-state index in [-0.39, 0.29) is 24.2 Å². The number of ether oxygens (including phenoxy) is 2. The third-order valence-corrected chi connectivity index (χ3v) is 4.23. The highest BCUT2D eigenvalue weighted by atomic mass is 35.5. The van der Waals surface area contributed by atoms with Crippen molar-refractivity contribution in [2.24, 2.45) is 5.92 Å². The first-order valence-electron chi connectivity index (χ1n) is 7.57. The maximum Gasteiger partial charge on any atom is 0.227 e. The van der Waals surface area contributed by atoms with Crippen molar-refractivity contribution in [3.63, 3.8) is 0 Å². The number of methoxy groups -OCH3 is 1. The van der Waals surface area contributed by atoms with Crippen LogP contribution in [0.4, 0.5) is 0 Å². The molecule has 122 valence electrons. The van der Waals surface area contributed by atoms with Crippen molar-refractivity contribution in [2.45, 2.75) is 25.3 Å². The zero-order chi connectivity index (χ0) is 14.7. The highest BCUT2D eigenvalue weighted by Gasteiger charge is 2.28. The maximum atomic E-state index is 12.4. The Bertz CT molecular complexity index is 518. The number of rotatable bonds is 3. The summed E-state index contributed by atoms with van der Waals surface area (Å²) >= 11 is 0. The van der Waals surface area contributed by atoms with Crippen LogP contribution in [-0.4, -0.2) is 38.8 Å². The zero-order valence-electron chi connectivity index (χ0n) is 12.8. The lowest BCUT2D eigenvalue weighted by Gasteiger charge is -2.28. The molecule has 6 heteroatoms. The van der Waals surface area contributed by atoms with E-state index >= 15 is 0 Å². The summed E-state index contributed by atoms with van der Waals surface area (Å²) in [6.45, 7) is 2.41. The lowest BCUT2D eigenvalue weighted by Crippen LogP contribution is -2.46. The van der Waals surface area contributed by atoms with E-state index in [4.69, 9.17) is 9.47 Å². The molecule has 2 aliphatic rings. The van der Waals surface area contributed by atoms with Crippen LogP contribution in [0.15, 0.2) is 18.2 Å². The quantitative estimate of drug-likeness (QED) is 0.884. The predicted molar refractivity (Wildman–Crippen MR) is 87.0 cm³/mol. The van der Waals surface area contributed by atoms with E-state index in [1.54, 1.807) is 7.11 Å². The molecule has 2 aliphatic heterocycles. The molecule has 22 heavy (non-hydrogen) atoms. The number of amides is 1. The average Bonchev–Trinajstić information content (AvgIpc) is 2.54. The molecule has 0 spiro atoms. The van der Waals surface area contributed by atoms with E-state index in [0.717, 1.165) is 43.0 Å². The second-order valence-corrected chi connectivity index (χ2v) is 5.72. The van der Waals surface area contributed by atoms with Crippen LogP contribution >= 0.6 is 12.4 Å². The van der Waals surface area contributed by atoms with Crippen LogP contribution in [-0.2, 0) is 11.2 Å². The fourth-order valence-corrected chi connectivity index (χ4v) is 2.95. The highest BCUT2D eigenvalue weighted by molar-refractivity contribution is 5.85.